The molecular weight excluding hydrogens is 292 g/mol. The number of carbonyl (C=O) groups excluding carboxylic acids is 1. The molecule has 3 rings (SSSR count). The van der Waals surface area contributed by atoms with Crippen LogP contribution in [0.2, 0.25) is 0 Å². The zero-order valence-electron chi connectivity index (χ0n) is 13.0. The largest absolute Gasteiger partial charge is 0.447 e. The highest BCUT2D eigenvalue weighted by Crippen LogP contribution is 2.27. The van der Waals surface area contributed by atoms with Crippen LogP contribution < -0.4 is 10.2 Å². The molecule has 6 nitrogen and oxygen atoms in total. The van der Waals surface area contributed by atoms with E-state index in [2.05, 4.69) is 16.4 Å². The van der Waals surface area contributed by atoms with Gasteiger partial charge in [-0.25, -0.2) is 4.79 Å². The van der Waals surface area contributed by atoms with Gasteiger partial charge in [0.1, 0.15) is 12.7 Å². The molecule has 2 heterocycles. The lowest BCUT2D eigenvalue weighted by Gasteiger charge is -2.15. The van der Waals surface area contributed by atoms with Gasteiger partial charge in [-0.2, -0.15) is 5.26 Å². The molecule has 116 valence electrons. The Labute approximate surface area is 134 Å². The summed E-state index contributed by atoms with van der Waals surface area (Å²) >= 11 is 0. The number of nitrogens with zero attached hydrogens (tertiary/aromatic N) is 3. The predicted octanol–water partition coefficient (Wildman–Crippen LogP) is 3.27. The van der Waals surface area contributed by atoms with E-state index in [1.807, 2.05) is 44.2 Å². The lowest BCUT2D eigenvalue weighted by molar-refractivity contribution is 0.181. The van der Waals surface area contributed by atoms with Gasteiger partial charge in [0.25, 0.3) is 0 Å². The van der Waals surface area contributed by atoms with Gasteiger partial charge in [0.15, 0.2) is 0 Å². The first-order chi connectivity index (χ1) is 11.1. The molecule has 1 fully saturated rings. The number of hydrogen-bond donors (Lipinski definition) is 1. The van der Waals surface area contributed by atoms with Gasteiger partial charge in [0.2, 0.25) is 0 Å². The Morgan fingerprint density at radius 1 is 1.35 bits per heavy atom. The summed E-state index contributed by atoms with van der Waals surface area (Å²) in [7, 11) is 0. The van der Waals surface area contributed by atoms with E-state index in [1.54, 1.807) is 4.90 Å². The minimum absolute atomic E-state index is 0.338. The van der Waals surface area contributed by atoms with Crippen molar-refractivity contribution in [3.63, 3.8) is 0 Å². The van der Waals surface area contributed by atoms with E-state index in [-0.39, 0.29) is 6.09 Å². The molecule has 0 bridgehead atoms. The van der Waals surface area contributed by atoms with E-state index in [9.17, 15) is 10.1 Å². The van der Waals surface area contributed by atoms with Gasteiger partial charge in [-0.15, -0.1) is 0 Å². The number of amides is 1. The van der Waals surface area contributed by atoms with Crippen molar-refractivity contribution in [3.8, 4) is 6.07 Å². The van der Waals surface area contributed by atoms with Crippen molar-refractivity contribution < 1.29 is 9.53 Å². The number of rotatable bonds is 3. The lowest BCUT2D eigenvalue weighted by atomic mass is 10.1. The number of carbonyl (C=O) groups is 1. The van der Waals surface area contributed by atoms with Gasteiger partial charge in [-0.1, -0.05) is 6.07 Å². The van der Waals surface area contributed by atoms with Crippen molar-refractivity contribution in [2.45, 2.75) is 13.8 Å². The van der Waals surface area contributed by atoms with Crippen LogP contribution in [0.4, 0.5) is 21.9 Å². The molecule has 0 spiro atoms. The number of hydrogen-bond acceptors (Lipinski definition) is 5. The Morgan fingerprint density at radius 3 is 2.87 bits per heavy atom. The molecule has 23 heavy (non-hydrogen) atoms. The highest BCUT2D eigenvalue weighted by molar-refractivity contribution is 5.90. The number of pyridine rings is 1. The van der Waals surface area contributed by atoms with E-state index in [1.165, 1.54) is 0 Å². The zero-order chi connectivity index (χ0) is 16.4. The standard InChI is InChI=1S/C17H16N4O2/c1-11-8-16(15(10-18)12(2)19-11)20-13-4-3-5-14(9-13)21-6-7-23-17(21)22/h3-5,8-9H,6-7H2,1-2H3,(H,19,20). The molecule has 0 saturated carbocycles. The molecular formula is C17H16N4O2. The summed E-state index contributed by atoms with van der Waals surface area (Å²) in [4.78, 5) is 17.6. The third kappa shape index (κ3) is 2.94. The number of nitrogens with one attached hydrogen (secondary N) is 1. The third-order valence-electron chi connectivity index (χ3n) is 3.64. The Hall–Kier alpha value is -3.07. The first-order valence-electron chi connectivity index (χ1n) is 7.28. The van der Waals surface area contributed by atoms with Crippen LogP contribution in [0.25, 0.3) is 0 Å². The van der Waals surface area contributed by atoms with Crippen molar-refractivity contribution in [1.82, 2.24) is 4.98 Å². The summed E-state index contributed by atoms with van der Waals surface area (Å²) in [5.74, 6) is 0. The summed E-state index contributed by atoms with van der Waals surface area (Å²) in [6.45, 7) is 4.64. The first kappa shape index (κ1) is 14.9. The average molecular weight is 308 g/mol. The van der Waals surface area contributed by atoms with E-state index in [0.29, 0.717) is 30.1 Å². The van der Waals surface area contributed by atoms with Crippen LogP contribution in [0.15, 0.2) is 30.3 Å². The van der Waals surface area contributed by atoms with Crippen LogP contribution in [0.1, 0.15) is 17.0 Å². The highest BCUT2D eigenvalue weighted by atomic mass is 16.6. The van der Waals surface area contributed by atoms with Crippen molar-refractivity contribution >= 4 is 23.2 Å². The van der Waals surface area contributed by atoms with Gasteiger partial charge >= 0.3 is 6.09 Å². The summed E-state index contributed by atoms with van der Waals surface area (Å²) in [6, 6.07) is 11.5. The number of anilines is 3. The molecule has 1 amide bonds. The second-order valence-corrected chi connectivity index (χ2v) is 5.32. The van der Waals surface area contributed by atoms with Crippen LogP contribution in [0, 0.1) is 25.2 Å². The number of nitriles is 1. The Morgan fingerprint density at radius 2 is 2.17 bits per heavy atom. The summed E-state index contributed by atoms with van der Waals surface area (Å²) in [5.41, 5.74) is 4.31. The second kappa shape index (κ2) is 5.97. The number of cyclic esters (lactones) is 1. The fourth-order valence-electron chi connectivity index (χ4n) is 2.60. The maximum absolute atomic E-state index is 11.7. The van der Waals surface area contributed by atoms with Crippen molar-refractivity contribution in [1.29, 1.82) is 5.26 Å². The third-order valence-corrected chi connectivity index (χ3v) is 3.64. The Bertz CT molecular complexity index is 811. The van der Waals surface area contributed by atoms with Gasteiger partial charge in [0, 0.05) is 17.1 Å². The van der Waals surface area contributed by atoms with Crippen LogP contribution in [0.5, 0.6) is 0 Å². The van der Waals surface area contributed by atoms with Gasteiger partial charge in [-0.3, -0.25) is 9.88 Å². The van der Waals surface area contributed by atoms with Crippen LogP contribution in [-0.2, 0) is 4.74 Å². The molecule has 2 aromatic rings. The van der Waals surface area contributed by atoms with Crippen LogP contribution in [-0.4, -0.2) is 24.2 Å². The van der Waals surface area contributed by atoms with Gasteiger partial charge in [-0.05, 0) is 38.1 Å². The van der Waals surface area contributed by atoms with Crippen LogP contribution in [0.3, 0.4) is 0 Å². The number of aromatic nitrogens is 1. The lowest BCUT2D eigenvalue weighted by Crippen LogP contribution is -2.23. The van der Waals surface area contributed by atoms with E-state index in [4.69, 9.17) is 4.74 Å². The molecule has 0 unspecified atom stereocenters. The molecule has 1 saturated heterocycles. The molecule has 0 atom stereocenters. The summed E-state index contributed by atoms with van der Waals surface area (Å²) in [5, 5.41) is 12.6. The normalized spacial score (nSPS) is 13.6. The molecule has 1 aromatic carbocycles. The van der Waals surface area contributed by atoms with Crippen molar-refractivity contribution in [2.24, 2.45) is 0 Å². The smallest absolute Gasteiger partial charge is 0.414 e. The number of benzene rings is 1. The number of aryl methyl sites for hydroxylation is 2. The van der Waals surface area contributed by atoms with E-state index in [0.717, 1.165) is 17.1 Å². The summed E-state index contributed by atoms with van der Waals surface area (Å²) < 4.78 is 4.96. The molecule has 1 aliphatic rings. The topological polar surface area (TPSA) is 78.2 Å². The molecule has 0 radical (unpaired) electrons. The van der Waals surface area contributed by atoms with Crippen molar-refractivity contribution in [2.75, 3.05) is 23.4 Å². The predicted molar refractivity (Wildman–Crippen MR) is 86.8 cm³/mol. The maximum atomic E-state index is 11.7. The molecule has 0 aliphatic carbocycles. The Balaban J connectivity index is 1.93. The fraction of sp³-hybridized carbons (Fsp3) is 0.235. The maximum Gasteiger partial charge on any atom is 0.414 e. The van der Waals surface area contributed by atoms with Crippen LogP contribution >= 0.6 is 0 Å². The minimum atomic E-state index is -0.338. The highest BCUT2D eigenvalue weighted by Gasteiger charge is 2.23. The molecule has 6 heteroatoms. The summed E-state index contributed by atoms with van der Waals surface area (Å²) in [6.07, 6.45) is -0.338. The second-order valence-electron chi connectivity index (χ2n) is 5.32. The monoisotopic (exact) mass is 308 g/mol. The van der Waals surface area contributed by atoms with Crippen molar-refractivity contribution in [3.05, 3.63) is 47.3 Å². The van der Waals surface area contributed by atoms with E-state index < -0.39 is 0 Å². The van der Waals surface area contributed by atoms with Gasteiger partial charge in [0.05, 0.1) is 23.5 Å². The molecule has 1 N–H and O–H groups in total. The Kier molecular flexibility index (Phi) is 3.85. The molecule has 1 aliphatic heterocycles. The zero-order valence-corrected chi connectivity index (χ0v) is 13.0. The fourth-order valence-corrected chi connectivity index (χ4v) is 2.60. The average Bonchev–Trinajstić information content (AvgIpc) is 2.93. The minimum Gasteiger partial charge on any atom is -0.447 e. The number of ether oxygens (including phenoxy) is 1. The quantitative estimate of drug-likeness (QED) is 0.941. The van der Waals surface area contributed by atoms with E-state index >= 15 is 0 Å². The first-order valence-corrected chi connectivity index (χ1v) is 7.28. The molecule has 1 aromatic heterocycles. The van der Waals surface area contributed by atoms with Gasteiger partial charge < -0.3 is 10.1 Å². The SMILES string of the molecule is Cc1cc(Nc2cccc(N3CCOC3=O)c2)c(C#N)c(C)n1.